The summed E-state index contributed by atoms with van der Waals surface area (Å²) in [4.78, 5) is 15.3. The van der Waals surface area contributed by atoms with Crippen molar-refractivity contribution in [2.75, 3.05) is 13.1 Å². The molecule has 0 aliphatic rings. The lowest BCUT2D eigenvalue weighted by atomic mass is 10.3. The molecule has 0 spiro atoms. The highest BCUT2D eigenvalue weighted by atomic mass is 127. The van der Waals surface area contributed by atoms with Crippen LogP contribution in [-0.4, -0.2) is 31.1 Å². The zero-order chi connectivity index (χ0) is 13.1. The van der Waals surface area contributed by atoms with Gasteiger partial charge in [-0.1, -0.05) is 13.3 Å². The van der Waals surface area contributed by atoms with E-state index in [1.807, 2.05) is 13.8 Å². The van der Waals surface area contributed by atoms with Gasteiger partial charge in [0.1, 0.15) is 0 Å². The van der Waals surface area contributed by atoms with Crippen LogP contribution in [0.2, 0.25) is 0 Å². The molecule has 0 radical (unpaired) electrons. The summed E-state index contributed by atoms with van der Waals surface area (Å²) in [5, 5.41) is 3.02. The van der Waals surface area contributed by atoms with Crippen molar-refractivity contribution < 1.29 is 9.53 Å². The van der Waals surface area contributed by atoms with Crippen LogP contribution in [0.3, 0.4) is 0 Å². The van der Waals surface area contributed by atoms with Crippen LogP contribution in [0, 0.1) is 0 Å². The first kappa shape index (κ1) is 19.8. The Bertz CT molecular complexity index is 245. The van der Waals surface area contributed by atoms with Crippen LogP contribution in [0.5, 0.6) is 0 Å². The summed E-state index contributed by atoms with van der Waals surface area (Å²) < 4.78 is 5.00. The predicted octanol–water partition coefficient (Wildman–Crippen LogP) is 2.04. The zero-order valence-corrected chi connectivity index (χ0v) is 13.9. The van der Waals surface area contributed by atoms with Crippen molar-refractivity contribution in [3.63, 3.8) is 0 Å². The number of nitrogens with zero attached hydrogens (tertiary/aromatic N) is 1. The normalized spacial score (nSPS) is 11.0. The molecule has 0 heterocycles. The highest BCUT2D eigenvalue weighted by Crippen LogP contribution is 1.97. The summed E-state index contributed by atoms with van der Waals surface area (Å²) in [6.07, 6.45) is 3.22. The number of hydrogen-bond acceptors (Lipinski definition) is 3. The molecular weight excluding hydrogens is 345 g/mol. The van der Waals surface area contributed by atoms with Gasteiger partial charge in [-0.15, -0.1) is 24.0 Å². The Morgan fingerprint density at radius 1 is 1.39 bits per heavy atom. The van der Waals surface area contributed by atoms with Crippen molar-refractivity contribution >= 4 is 35.9 Å². The molecule has 0 atom stereocenters. The first-order valence-corrected chi connectivity index (χ1v) is 6.29. The van der Waals surface area contributed by atoms with Gasteiger partial charge < -0.3 is 15.8 Å². The summed E-state index contributed by atoms with van der Waals surface area (Å²) >= 11 is 0. The third-order valence-corrected chi connectivity index (χ3v) is 2.02. The number of aliphatic imine (C=N–C) groups is 1. The lowest BCUT2D eigenvalue weighted by Gasteiger charge is -2.07. The third-order valence-electron chi connectivity index (χ3n) is 2.02. The van der Waals surface area contributed by atoms with Gasteiger partial charge in [0.15, 0.2) is 5.96 Å². The Balaban J connectivity index is 0. The van der Waals surface area contributed by atoms with E-state index in [0.717, 1.165) is 19.4 Å². The smallest absolute Gasteiger partial charge is 0.306 e. The third kappa shape index (κ3) is 13.5. The van der Waals surface area contributed by atoms with E-state index in [1.165, 1.54) is 0 Å². The van der Waals surface area contributed by atoms with Crippen molar-refractivity contribution in [2.24, 2.45) is 10.7 Å². The molecule has 0 rings (SSSR count). The number of rotatable bonds is 8. The SMILES string of the molecule is CCCCNC(N)=NCCCC(=O)OC(C)C.I. The molecule has 0 aliphatic carbocycles. The second-order valence-electron chi connectivity index (χ2n) is 4.19. The number of carbonyl (C=O) groups is 1. The van der Waals surface area contributed by atoms with E-state index < -0.39 is 0 Å². The van der Waals surface area contributed by atoms with Gasteiger partial charge in [0.05, 0.1) is 6.10 Å². The molecule has 0 saturated heterocycles. The van der Waals surface area contributed by atoms with Crippen molar-refractivity contribution in [3.05, 3.63) is 0 Å². The fourth-order valence-electron chi connectivity index (χ4n) is 1.19. The summed E-state index contributed by atoms with van der Waals surface area (Å²) in [6.45, 7) is 7.20. The van der Waals surface area contributed by atoms with E-state index in [-0.39, 0.29) is 36.0 Å². The topological polar surface area (TPSA) is 76.7 Å². The summed E-state index contributed by atoms with van der Waals surface area (Å²) in [6, 6.07) is 0. The molecule has 0 aliphatic heterocycles. The van der Waals surface area contributed by atoms with E-state index in [1.54, 1.807) is 0 Å². The molecule has 0 fully saturated rings. The molecule has 0 unspecified atom stereocenters. The number of nitrogens with two attached hydrogens (primary N) is 1. The van der Waals surface area contributed by atoms with Gasteiger partial charge in [0.25, 0.3) is 0 Å². The minimum atomic E-state index is -0.173. The molecule has 5 nitrogen and oxygen atoms in total. The molecule has 0 amide bonds. The molecular formula is C12H26IN3O2. The number of hydrogen-bond donors (Lipinski definition) is 2. The fraction of sp³-hybridized carbons (Fsp3) is 0.833. The van der Waals surface area contributed by atoms with Crippen molar-refractivity contribution in [1.29, 1.82) is 0 Å². The standard InChI is InChI=1S/C12H25N3O2.HI/c1-4-5-8-14-12(13)15-9-6-7-11(16)17-10(2)3;/h10H,4-9H2,1-3H3,(H3,13,14,15);1H. The molecule has 108 valence electrons. The number of ether oxygens (including phenoxy) is 1. The molecule has 0 saturated carbocycles. The maximum atomic E-state index is 11.2. The fourth-order valence-corrected chi connectivity index (χ4v) is 1.19. The van der Waals surface area contributed by atoms with E-state index >= 15 is 0 Å². The summed E-state index contributed by atoms with van der Waals surface area (Å²) in [5.74, 6) is 0.281. The second kappa shape index (κ2) is 12.9. The Kier molecular flexibility index (Phi) is 14.2. The zero-order valence-electron chi connectivity index (χ0n) is 11.6. The van der Waals surface area contributed by atoms with Gasteiger partial charge in [-0.3, -0.25) is 9.79 Å². The minimum Gasteiger partial charge on any atom is -0.463 e. The van der Waals surface area contributed by atoms with Gasteiger partial charge >= 0.3 is 5.97 Å². The monoisotopic (exact) mass is 371 g/mol. The Morgan fingerprint density at radius 2 is 2.06 bits per heavy atom. The van der Waals surface area contributed by atoms with Crippen LogP contribution in [0.1, 0.15) is 46.5 Å². The highest BCUT2D eigenvalue weighted by molar-refractivity contribution is 14.0. The second-order valence-corrected chi connectivity index (χ2v) is 4.19. The van der Waals surface area contributed by atoms with Crippen LogP contribution in [0.4, 0.5) is 0 Å². The van der Waals surface area contributed by atoms with Gasteiger partial charge in [0.2, 0.25) is 0 Å². The van der Waals surface area contributed by atoms with Crippen LogP contribution in [0.25, 0.3) is 0 Å². The van der Waals surface area contributed by atoms with E-state index in [2.05, 4.69) is 17.2 Å². The van der Waals surface area contributed by atoms with Crippen molar-refractivity contribution in [3.8, 4) is 0 Å². The van der Waals surface area contributed by atoms with Crippen LogP contribution in [-0.2, 0) is 9.53 Å². The Morgan fingerprint density at radius 3 is 2.61 bits per heavy atom. The van der Waals surface area contributed by atoms with E-state index in [9.17, 15) is 4.79 Å². The predicted molar refractivity (Wildman–Crippen MR) is 85.3 cm³/mol. The molecule has 0 aromatic heterocycles. The quantitative estimate of drug-likeness (QED) is 0.225. The van der Waals surface area contributed by atoms with Gasteiger partial charge in [-0.25, -0.2) is 0 Å². The van der Waals surface area contributed by atoms with Gasteiger partial charge in [0, 0.05) is 19.5 Å². The van der Waals surface area contributed by atoms with Crippen molar-refractivity contribution in [2.45, 2.75) is 52.6 Å². The average molecular weight is 371 g/mol. The van der Waals surface area contributed by atoms with Crippen molar-refractivity contribution in [1.82, 2.24) is 5.32 Å². The Hall–Kier alpha value is -0.530. The maximum absolute atomic E-state index is 11.2. The lowest BCUT2D eigenvalue weighted by Crippen LogP contribution is -2.32. The minimum absolute atomic E-state index is 0. The van der Waals surface area contributed by atoms with Gasteiger partial charge in [-0.2, -0.15) is 0 Å². The number of esters is 1. The number of carbonyl (C=O) groups excluding carboxylic acids is 1. The van der Waals surface area contributed by atoms with Crippen LogP contribution >= 0.6 is 24.0 Å². The lowest BCUT2D eigenvalue weighted by molar-refractivity contribution is -0.147. The summed E-state index contributed by atoms with van der Waals surface area (Å²) in [7, 11) is 0. The number of guanidine groups is 1. The van der Waals surface area contributed by atoms with Gasteiger partial charge in [-0.05, 0) is 26.7 Å². The first-order chi connectivity index (χ1) is 8.06. The van der Waals surface area contributed by atoms with Crippen LogP contribution < -0.4 is 11.1 Å². The molecule has 6 heteroatoms. The molecule has 0 aromatic rings. The molecule has 0 bridgehead atoms. The summed E-state index contributed by atoms with van der Waals surface area (Å²) in [5.41, 5.74) is 5.63. The van der Waals surface area contributed by atoms with E-state index in [4.69, 9.17) is 10.5 Å². The number of halogens is 1. The Labute approximate surface area is 127 Å². The molecule has 0 aromatic carbocycles. The molecule has 18 heavy (non-hydrogen) atoms. The maximum Gasteiger partial charge on any atom is 0.306 e. The molecule has 3 N–H and O–H groups in total. The number of nitrogens with one attached hydrogen (secondary N) is 1. The average Bonchev–Trinajstić information content (AvgIpc) is 2.24. The van der Waals surface area contributed by atoms with E-state index in [0.29, 0.717) is 25.3 Å². The number of unbranched alkanes of at least 4 members (excludes halogenated alkanes) is 1. The highest BCUT2D eigenvalue weighted by Gasteiger charge is 2.04. The first-order valence-electron chi connectivity index (χ1n) is 6.29. The van der Waals surface area contributed by atoms with Crippen LogP contribution in [0.15, 0.2) is 4.99 Å². The largest absolute Gasteiger partial charge is 0.463 e.